The number of aryl methyl sites for hydroxylation is 1. The zero-order valence-corrected chi connectivity index (χ0v) is 9.40. The lowest BCUT2D eigenvalue weighted by Gasteiger charge is -2.13. The molecular weight excluding hydrogens is 202 g/mol. The maximum Gasteiger partial charge on any atom is 0.229 e. The van der Waals surface area contributed by atoms with E-state index in [9.17, 15) is 9.59 Å². The Bertz CT molecular complexity index is 392. The first-order valence-corrected chi connectivity index (χ1v) is 5.55. The summed E-state index contributed by atoms with van der Waals surface area (Å²) in [5.74, 6) is -0.0609. The number of likely N-dealkylation sites (tertiary alicyclic amines) is 1. The van der Waals surface area contributed by atoms with Gasteiger partial charge in [-0.3, -0.25) is 14.5 Å². The van der Waals surface area contributed by atoms with E-state index in [0.717, 1.165) is 12.0 Å². The maximum atomic E-state index is 11.4. The highest BCUT2D eigenvalue weighted by Crippen LogP contribution is 2.13. The van der Waals surface area contributed by atoms with Crippen LogP contribution in [0.4, 0.5) is 0 Å². The minimum absolute atomic E-state index is 0.0305. The number of hydrogen-bond donors (Lipinski definition) is 0. The van der Waals surface area contributed by atoms with E-state index in [1.54, 1.807) is 0 Å². The lowest BCUT2D eigenvalue weighted by Crippen LogP contribution is -2.31. The van der Waals surface area contributed by atoms with Gasteiger partial charge in [-0.2, -0.15) is 0 Å². The molecule has 1 aromatic carbocycles. The van der Waals surface area contributed by atoms with Crippen molar-refractivity contribution in [3.05, 3.63) is 35.4 Å². The monoisotopic (exact) mass is 217 g/mol. The van der Waals surface area contributed by atoms with Crippen molar-refractivity contribution in [1.29, 1.82) is 0 Å². The zero-order valence-electron chi connectivity index (χ0n) is 9.40. The molecule has 3 nitrogen and oxygen atoms in total. The Balaban J connectivity index is 1.94. The lowest BCUT2D eigenvalue weighted by molar-refractivity contribution is -0.138. The first kappa shape index (κ1) is 10.9. The highest BCUT2D eigenvalue weighted by Gasteiger charge is 2.27. The van der Waals surface area contributed by atoms with Gasteiger partial charge in [-0.1, -0.05) is 29.8 Å². The highest BCUT2D eigenvalue weighted by molar-refractivity contribution is 6.01. The van der Waals surface area contributed by atoms with Crippen LogP contribution in [0.1, 0.15) is 24.0 Å². The van der Waals surface area contributed by atoms with Crippen LogP contribution in [0.15, 0.2) is 24.3 Å². The summed E-state index contributed by atoms with van der Waals surface area (Å²) in [4.78, 5) is 24.1. The van der Waals surface area contributed by atoms with E-state index < -0.39 is 0 Å². The molecule has 0 bridgehead atoms. The maximum absolute atomic E-state index is 11.4. The van der Waals surface area contributed by atoms with Gasteiger partial charge in [0.15, 0.2) is 0 Å². The van der Waals surface area contributed by atoms with Gasteiger partial charge >= 0.3 is 0 Å². The van der Waals surface area contributed by atoms with Crippen LogP contribution in [0.5, 0.6) is 0 Å². The van der Waals surface area contributed by atoms with Gasteiger partial charge in [0.05, 0.1) is 0 Å². The normalized spacial score (nSPS) is 15.9. The molecule has 0 aliphatic carbocycles. The lowest BCUT2D eigenvalue weighted by atomic mass is 10.1. The molecule has 0 spiro atoms. The molecule has 0 aromatic heterocycles. The average molecular weight is 217 g/mol. The molecule has 0 radical (unpaired) electrons. The summed E-state index contributed by atoms with van der Waals surface area (Å²) < 4.78 is 0. The Morgan fingerprint density at radius 1 is 1.06 bits per heavy atom. The fraction of sp³-hybridized carbons (Fsp3) is 0.385. The molecule has 0 unspecified atom stereocenters. The number of rotatable bonds is 3. The standard InChI is InChI=1S/C13H15NO2/c1-10-2-4-11(5-3-10)8-9-14-12(15)6-7-13(14)16/h2-5H,6-9H2,1H3. The highest BCUT2D eigenvalue weighted by atomic mass is 16.2. The van der Waals surface area contributed by atoms with Gasteiger partial charge in [0.1, 0.15) is 0 Å². The van der Waals surface area contributed by atoms with E-state index in [4.69, 9.17) is 0 Å². The second-order valence-electron chi connectivity index (χ2n) is 4.17. The van der Waals surface area contributed by atoms with Crippen molar-refractivity contribution < 1.29 is 9.59 Å². The van der Waals surface area contributed by atoms with Crippen LogP contribution in [0.25, 0.3) is 0 Å². The Morgan fingerprint density at radius 2 is 1.62 bits per heavy atom. The molecule has 0 saturated carbocycles. The van der Waals surface area contributed by atoms with Crippen molar-refractivity contribution in [1.82, 2.24) is 4.90 Å². The van der Waals surface area contributed by atoms with Gasteiger partial charge in [0.2, 0.25) is 11.8 Å². The van der Waals surface area contributed by atoms with Crippen molar-refractivity contribution in [3.8, 4) is 0 Å². The zero-order chi connectivity index (χ0) is 11.5. The molecule has 0 N–H and O–H groups in total. The van der Waals surface area contributed by atoms with Gasteiger partial charge in [0, 0.05) is 19.4 Å². The van der Waals surface area contributed by atoms with Crippen LogP contribution in [0, 0.1) is 6.92 Å². The number of amides is 2. The third-order valence-corrected chi connectivity index (χ3v) is 2.90. The number of imide groups is 1. The van der Waals surface area contributed by atoms with Gasteiger partial charge < -0.3 is 0 Å². The molecule has 1 aliphatic heterocycles. The minimum Gasteiger partial charge on any atom is -0.282 e. The fourth-order valence-electron chi connectivity index (χ4n) is 1.87. The van der Waals surface area contributed by atoms with Crippen LogP contribution in [-0.2, 0) is 16.0 Å². The van der Waals surface area contributed by atoms with Gasteiger partial charge in [-0.25, -0.2) is 0 Å². The summed E-state index contributed by atoms with van der Waals surface area (Å²) >= 11 is 0. The molecule has 1 heterocycles. The number of benzene rings is 1. The molecule has 2 amide bonds. The summed E-state index contributed by atoms with van der Waals surface area (Å²) in [6, 6.07) is 8.17. The van der Waals surface area contributed by atoms with E-state index in [1.165, 1.54) is 10.5 Å². The molecule has 2 rings (SSSR count). The summed E-state index contributed by atoms with van der Waals surface area (Å²) in [7, 11) is 0. The second kappa shape index (κ2) is 4.47. The predicted molar refractivity (Wildman–Crippen MR) is 60.8 cm³/mol. The third-order valence-electron chi connectivity index (χ3n) is 2.90. The van der Waals surface area contributed by atoms with E-state index in [1.807, 2.05) is 31.2 Å². The molecule has 0 atom stereocenters. The molecular formula is C13H15NO2. The van der Waals surface area contributed by atoms with Crippen molar-refractivity contribution in [2.24, 2.45) is 0 Å². The smallest absolute Gasteiger partial charge is 0.229 e. The first-order chi connectivity index (χ1) is 7.66. The summed E-state index contributed by atoms with van der Waals surface area (Å²) in [6.45, 7) is 2.55. The molecule has 3 heteroatoms. The first-order valence-electron chi connectivity index (χ1n) is 5.55. The van der Waals surface area contributed by atoms with Crippen LogP contribution in [0.3, 0.4) is 0 Å². The third kappa shape index (κ3) is 2.30. The molecule has 16 heavy (non-hydrogen) atoms. The topological polar surface area (TPSA) is 37.4 Å². The summed E-state index contributed by atoms with van der Waals surface area (Å²) in [6.07, 6.45) is 1.51. The molecule has 84 valence electrons. The van der Waals surface area contributed by atoms with E-state index >= 15 is 0 Å². The number of nitrogens with zero attached hydrogens (tertiary/aromatic N) is 1. The Labute approximate surface area is 95.1 Å². The summed E-state index contributed by atoms with van der Waals surface area (Å²) in [5, 5.41) is 0. The Morgan fingerprint density at radius 3 is 2.19 bits per heavy atom. The SMILES string of the molecule is Cc1ccc(CCN2C(=O)CCC2=O)cc1. The number of carbonyl (C=O) groups is 2. The van der Waals surface area contributed by atoms with Crippen molar-refractivity contribution in [2.75, 3.05) is 6.54 Å². The molecule has 1 aromatic rings. The molecule has 1 fully saturated rings. The predicted octanol–water partition coefficient (Wildman–Crippen LogP) is 1.69. The Kier molecular flexibility index (Phi) is 3.04. The van der Waals surface area contributed by atoms with E-state index in [2.05, 4.69) is 0 Å². The van der Waals surface area contributed by atoms with Gasteiger partial charge in [-0.05, 0) is 18.9 Å². The van der Waals surface area contributed by atoms with Gasteiger partial charge in [-0.15, -0.1) is 0 Å². The fourth-order valence-corrected chi connectivity index (χ4v) is 1.87. The molecule has 1 aliphatic rings. The van der Waals surface area contributed by atoms with Crippen molar-refractivity contribution in [2.45, 2.75) is 26.2 Å². The Hall–Kier alpha value is -1.64. The second-order valence-corrected chi connectivity index (χ2v) is 4.17. The van der Waals surface area contributed by atoms with Crippen LogP contribution < -0.4 is 0 Å². The van der Waals surface area contributed by atoms with Crippen molar-refractivity contribution >= 4 is 11.8 Å². The van der Waals surface area contributed by atoms with Crippen LogP contribution >= 0.6 is 0 Å². The number of hydrogen-bond acceptors (Lipinski definition) is 2. The molecule has 1 saturated heterocycles. The van der Waals surface area contributed by atoms with Crippen molar-refractivity contribution in [3.63, 3.8) is 0 Å². The quantitative estimate of drug-likeness (QED) is 0.722. The average Bonchev–Trinajstić information content (AvgIpc) is 2.59. The van der Waals surface area contributed by atoms with Crippen LogP contribution in [-0.4, -0.2) is 23.3 Å². The minimum atomic E-state index is -0.0305. The van der Waals surface area contributed by atoms with E-state index in [-0.39, 0.29) is 11.8 Å². The largest absolute Gasteiger partial charge is 0.282 e. The number of carbonyl (C=O) groups excluding carboxylic acids is 2. The van der Waals surface area contributed by atoms with Gasteiger partial charge in [0.25, 0.3) is 0 Å². The van der Waals surface area contributed by atoms with E-state index in [0.29, 0.717) is 19.4 Å². The summed E-state index contributed by atoms with van der Waals surface area (Å²) in [5.41, 5.74) is 2.38. The van der Waals surface area contributed by atoms with Crippen LogP contribution in [0.2, 0.25) is 0 Å².